The topological polar surface area (TPSA) is 436 Å². The summed E-state index contributed by atoms with van der Waals surface area (Å²) >= 11 is 0. The molecule has 0 amide bonds. The molecule has 2 aromatic rings. The van der Waals surface area contributed by atoms with Crippen molar-refractivity contribution in [3.63, 3.8) is 0 Å². The molecule has 0 bridgehead atoms. The van der Waals surface area contributed by atoms with E-state index in [1.165, 1.54) is 0 Å². The summed E-state index contributed by atoms with van der Waals surface area (Å²) in [5, 5.41) is 7.86. The van der Waals surface area contributed by atoms with Crippen LogP contribution >= 0.6 is 0 Å². The van der Waals surface area contributed by atoms with Gasteiger partial charge in [-0.1, -0.05) is 70.9 Å². The summed E-state index contributed by atoms with van der Waals surface area (Å²) in [7, 11) is 0. The predicted octanol–water partition coefficient (Wildman–Crippen LogP) is 2.52. The van der Waals surface area contributed by atoms with Crippen molar-refractivity contribution in [2.24, 2.45) is 10.2 Å². The maximum atomic E-state index is 14.4. The first-order chi connectivity index (χ1) is 43.5. The standard InChI is InChI=1S/C56H66N6O29/c1-24(63)72-19-34-43(77-26(3)65)47(79-28(5)67)49(81-30(7)69)55(85-34)90-45-39(59-61-57)53(83-36-21-74-51(88-41(36)45)32-15-11-9-12-16-32)76-23-38(71)87-54-40(60-62-58)46(42-37(84-54)22-75-52(89-42)33-17-13-10-14-18-33)91-56-50(82-31(8)70)48(80-29(6)68)44(78-27(4)66)35(86-56)20-73-25(2)64/h9-18,34-37,39-56H,19-23H2,1-8H3/t34-,35-,36-,37-,39-,40-,41+,42+,43+,44+,45-,46-,47+,48+,49-,50-,51+,52+,53+,54?,55+,56+/m1/s1. The van der Waals surface area contributed by atoms with Gasteiger partial charge >= 0.3 is 53.7 Å². The second kappa shape index (κ2) is 31.7. The fourth-order valence-corrected chi connectivity index (χ4v) is 10.8. The van der Waals surface area contributed by atoms with Gasteiger partial charge in [0.15, 0.2) is 68.1 Å². The highest BCUT2D eigenvalue weighted by atomic mass is 16.8. The highest BCUT2D eigenvalue weighted by Gasteiger charge is 2.60. The van der Waals surface area contributed by atoms with E-state index >= 15 is 0 Å². The first-order valence-corrected chi connectivity index (χ1v) is 28.3. The van der Waals surface area contributed by atoms with Crippen LogP contribution in [0, 0.1) is 0 Å². The number of ether oxygens (including phenoxy) is 20. The van der Waals surface area contributed by atoms with Crippen LogP contribution in [0.5, 0.6) is 0 Å². The lowest BCUT2D eigenvalue weighted by atomic mass is 9.94. The molecule has 22 atom stereocenters. The molecule has 0 N–H and O–H groups in total. The number of benzene rings is 2. The average Bonchev–Trinajstić information content (AvgIpc) is 0.796. The van der Waals surface area contributed by atoms with Crippen LogP contribution in [0.3, 0.4) is 0 Å². The lowest BCUT2D eigenvalue weighted by molar-refractivity contribution is -0.377. The number of nitrogens with zero attached hydrogens (tertiary/aromatic N) is 6. The van der Waals surface area contributed by atoms with Crippen LogP contribution in [0.1, 0.15) is 79.1 Å². The molecule has 35 heteroatoms. The van der Waals surface area contributed by atoms with Gasteiger partial charge < -0.3 is 94.7 Å². The number of rotatable bonds is 22. The molecule has 2 aromatic carbocycles. The molecule has 6 saturated heterocycles. The maximum Gasteiger partial charge on any atom is 0.334 e. The Morgan fingerprint density at radius 3 is 1.16 bits per heavy atom. The van der Waals surface area contributed by atoms with E-state index in [1.54, 1.807) is 60.7 Å². The van der Waals surface area contributed by atoms with Gasteiger partial charge in [0.25, 0.3) is 0 Å². The number of carbonyl (C=O) groups is 9. The van der Waals surface area contributed by atoms with E-state index in [1.807, 2.05) is 0 Å². The Labute approximate surface area is 517 Å². The first-order valence-electron chi connectivity index (χ1n) is 28.3. The maximum absolute atomic E-state index is 14.4. The molecule has 6 aliphatic rings. The third-order valence-corrected chi connectivity index (χ3v) is 14.2. The van der Waals surface area contributed by atoms with E-state index in [0.717, 1.165) is 55.4 Å². The number of hydrogen-bond donors (Lipinski definition) is 0. The van der Waals surface area contributed by atoms with Gasteiger partial charge in [0, 0.05) is 76.3 Å². The van der Waals surface area contributed by atoms with Gasteiger partial charge in [-0.15, -0.1) is 0 Å². The minimum atomic E-state index is -1.96. The van der Waals surface area contributed by atoms with E-state index in [0.29, 0.717) is 11.1 Å². The molecule has 6 heterocycles. The summed E-state index contributed by atoms with van der Waals surface area (Å²) in [6.45, 7) is 5.25. The normalized spacial score (nSPS) is 34.2. The van der Waals surface area contributed by atoms with Crippen molar-refractivity contribution in [1.82, 2.24) is 0 Å². The third-order valence-electron chi connectivity index (χ3n) is 14.2. The molecule has 0 aliphatic carbocycles. The number of esters is 9. The highest BCUT2D eigenvalue weighted by Crippen LogP contribution is 2.42. The van der Waals surface area contributed by atoms with Gasteiger partial charge in [-0.3, -0.25) is 38.4 Å². The molecular formula is C56H66N6O29. The summed E-state index contributed by atoms with van der Waals surface area (Å²) < 4.78 is 119. The van der Waals surface area contributed by atoms with Crippen LogP contribution in [-0.2, 0) is 138 Å². The lowest BCUT2D eigenvalue weighted by Gasteiger charge is -2.50. The largest absolute Gasteiger partial charge is 0.463 e. The van der Waals surface area contributed by atoms with Gasteiger partial charge in [0.05, 0.1) is 13.2 Å². The molecule has 0 spiro atoms. The van der Waals surface area contributed by atoms with Crippen molar-refractivity contribution >= 4 is 53.7 Å². The van der Waals surface area contributed by atoms with E-state index in [-0.39, 0.29) is 13.2 Å². The van der Waals surface area contributed by atoms with Crippen LogP contribution in [0.2, 0.25) is 0 Å². The van der Waals surface area contributed by atoms with Gasteiger partial charge in [0.1, 0.15) is 80.7 Å². The summed E-state index contributed by atoms with van der Waals surface area (Å²) in [6, 6.07) is 13.5. The van der Waals surface area contributed by atoms with Gasteiger partial charge in [-0.2, -0.15) is 0 Å². The summed E-state index contributed by atoms with van der Waals surface area (Å²) in [6.07, 6.45) is -31.6. The predicted molar refractivity (Wildman–Crippen MR) is 289 cm³/mol. The first kappa shape index (κ1) is 68.8. The zero-order valence-electron chi connectivity index (χ0n) is 50.0. The van der Waals surface area contributed by atoms with Crippen molar-refractivity contribution in [1.29, 1.82) is 0 Å². The van der Waals surface area contributed by atoms with Crippen LogP contribution in [0.4, 0.5) is 0 Å². The van der Waals surface area contributed by atoms with Crippen molar-refractivity contribution in [2.75, 3.05) is 33.0 Å². The molecule has 0 radical (unpaired) electrons. The zero-order valence-corrected chi connectivity index (χ0v) is 50.0. The van der Waals surface area contributed by atoms with Crippen LogP contribution < -0.4 is 0 Å². The molecular weight excluding hydrogens is 1220 g/mol. The molecule has 6 fully saturated rings. The zero-order chi connectivity index (χ0) is 65.6. The van der Waals surface area contributed by atoms with E-state index < -0.39 is 209 Å². The fraction of sp³-hybridized carbons (Fsp3) is 0.625. The minimum absolute atomic E-state index is 0.293. The fourth-order valence-electron chi connectivity index (χ4n) is 10.8. The summed E-state index contributed by atoms with van der Waals surface area (Å²) in [5.41, 5.74) is 21.4. The molecule has 1 unspecified atom stereocenters. The second-order valence-corrected chi connectivity index (χ2v) is 21.0. The van der Waals surface area contributed by atoms with Crippen molar-refractivity contribution in [3.8, 4) is 0 Å². The Morgan fingerprint density at radius 2 is 0.791 bits per heavy atom. The second-order valence-electron chi connectivity index (χ2n) is 21.0. The Hall–Kier alpha value is -8.15. The Kier molecular flexibility index (Phi) is 24.0. The van der Waals surface area contributed by atoms with Gasteiger partial charge in [-0.05, 0) is 11.1 Å². The average molecular weight is 1290 g/mol. The number of fused-ring (bicyclic) bond motifs is 2. The Bertz CT molecular complexity index is 3030. The van der Waals surface area contributed by atoms with E-state index in [9.17, 15) is 54.2 Å². The van der Waals surface area contributed by atoms with Crippen molar-refractivity contribution in [2.45, 2.75) is 191 Å². The Morgan fingerprint density at radius 1 is 0.429 bits per heavy atom. The molecule has 0 saturated carbocycles. The number of hydrogen-bond acceptors (Lipinski definition) is 31. The molecule has 91 heavy (non-hydrogen) atoms. The molecule has 8 rings (SSSR count). The number of azide groups is 2. The highest BCUT2D eigenvalue weighted by molar-refractivity contribution is 5.71. The lowest BCUT2D eigenvalue weighted by Crippen LogP contribution is -2.67. The minimum Gasteiger partial charge on any atom is -0.463 e. The molecule has 0 aromatic heterocycles. The van der Waals surface area contributed by atoms with E-state index in [2.05, 4.69) is 20.1 Å². The van der Waals surface area contributed by atoms with Crippen molar-refractivity contribution < 1.29 is 138 Å². The van der Waals surface area contributed by atoms with Crippen LogP contribution in [0.15, 0.2) is 70.9 Å². The van der Waals surface area contributed by atoms with E-state index in [4.69, 9.17) is 94.7 Å². The monoisotopic (exact) mass is 1290 g/mol. The Balaban J connectivity index is 1.11. The smallest absolute Gasteiger partial charge is 0.334 e. The van der Waals surface area contributed by atoms with Crippen molar-refractivity contribution in [3.05, 3.63) is 92.7 Å². The molecule has 35 nitrogen and oxygen atoms in total. The molecule has 6 aliphatic heterocycles. The summed E-state index contributed by atoms with van der Waals surface area (Å²) in [4.78, 5) is 121. The van der Waals surface area contributed by atoms with Crippen LogP contribution in [0.25, 0.3) is 20.9 Å². The quantitative estimate of drug-likeness (QED) is 0.0537. The van der Waals surface area contributed by atoms with Crippen LogP contribution in [-0.4, -0.2) is 209 Å². The SMILES string of the molecule is CC(=O)OC[C@H]1O[C@@H](O[C@@H]2[C@@H](N=[N+]=[N-])[C@@H](OCC(=O)OC3O[C@@H]4CO[C@H](c5ccccc5)O[C@@H]4[C@H](O[C@@H]4O[C@H](COC(C)=O)[C@H](OC(C)=O)[C@H](OC(C)=O)[C@H]4OC(C)=O)[C@H]3N=[N+]=[N-])O[C@@H]3CO[C@H](c4ccccc4)O[C@H]23)[C@H](OC(C)=O)[C@@H](OC(C)=O)[C@H]1OC(C)=O. The molecule has 494 valence electrons. The van der Waals surface area contributed by atoms with Gasteiger partial charge in [-0.25, -0.2) is 4.79 Å². The third kappa shape index (κ3) is 17.9. The van der Waals surface area contributed by atoms with Gasteiger partial charge in [0.2, 0.25) is 6.29 Å². The summed E-state index contributed by atoms with van der Waals surface area (Å²) in [5.74, 6) is -8.57. The number of carbonyl (C=O) groups excluding carboxylic acids is 9.